The van der Waals surface area contributed by atoms with Crippen LogP contribution in [-0.4, -0.2) is 69.6 Å². The number of hydrogen-bond acceptors (Lipinski definition) is 10. The molecule has 0 atom stereocenters. The van der Waals surface area contributed by atoms with Crippen LogP contribution in [0.3, 0.4) is 0 Å². The Morgan fingerprint density at radius 2 is 1.88 bits per heavy atom. The van der Waals surface area contributed by atoms with E-state index in [0.717, 1.165) is 35.7 Å². The third-order valence-electron chi connectivity index (χ3n) is 5.77. The summed E-state index contributed by atoms with van der Waals surface area (Å²) in [6.07, 6.45) is 0. The Bertz CT molecular complexity index is 1300. The predicted molar refractivity (Wildman–Crippen MR) is 128 cm³/mol. The number of amides is 1. The van der Waals surface area contributed by atoms with Crippen molar-refractivity contribution >= 4 is 39.2 Å². The molecule has 1 saturated heterocycles. The maximum absolute atomic E-state index is 12.7. The van der Waals surface area contributed by atoms with E-state index in [9.17, 15) is 4.79 Å². The first-order valence-electron chi connectivity index (χ1n) is 10.9. The van der Waals surface area contributed by atoms with Crippen molar-refractivity contribution in [3.05, 3.63) is 47.5 Å². The highest BCUT2D eigenvalue weighted by Gasteiger charge is 2.23. The van der Waals surface area contributed by atoms with Crippen LogP contribution in [0.1, 0.15) is 5.01 Å². The Labute approximate surface area is 203 Å². The molecule has 34 heavy (non-hydrogen) atoms. The number of para-hydroxylation sites is 1. The van der Waals surface area contributed by atoms with Crippen LogP contribution in [0.5, 0.6) is 11.5 Å². The fraction of sp³-hybridized carbons (Fsp3) is 0.304. The summed E-state index contributed by atoms with van der Waals surface area (Å²) in [5, 5.41) is 9.65. The van der Waals surface area contributed by atoms with E-state index in [1.54, 1.807) is 11.3 Å². The summed E-state index contributed by atoms with van der Waals surface area (Å²) in [5.41, 5.74) is 1.80. The second-order valence-electron chi connectivity index (χ2n) is 7.96. The molecule has 2 aromatic carbocycles. The lowest BCUT2D eigenvalue weighted by Crippen LogP contribution is -2.48. The number of piperazine rings is 1. The molecule has 4 heterocycles. The molecule has 0 radical (unpaired) electrons. The molecule has 0 aliphatic carbocycles. The summed E-state index contributed by atoms with van der Waals surface area (Å²) in [6.45, 7) is 4.11. The quantitative estimate of drug-likeness (QED) is 0.373. The van der Waals surface area contributed by atoms with Crippen LogP contribution in [0.15, 0.2) is 52.1 Å². The smallest absolute Gasteiger partial charge is 0.277 e. The number of aromatic nitrogens is 3. The monoisotopic (exact) mass is 495 g/mol. The minimum Gasteiger partial charge on any atom is -0.454 e. The van der Waals surface area contributed by atoms with Gasteiger partial charge in [-0.15, -0.1) is 21.5 Å². The third kappa shape index (κ3) is 4.46. The van der Waals surface area contributed by atoms with Gasteiger partial charge in [-0.1, -0.05) is 23.9 Å². The summed E-state index contributed by atoms with van der Waals surface area (Å²) in [6, 6.07) is 13.7. The average Bonchev–Trinajstić information content (AvgIpc) is 3.61. The zero-order valence-corrected chi connectivity index (χ0v) is 19.8. The molecular formula is C23H21N5O4S2. The van der Waals surface area contributed by atoms with Crippen LogP contribution in [0, 0.1) is 0 Å². The van der Waals surface area contributed by atoms with Crippen LogP contribution in [-0.2, 0) is 11.3 Å². The Kier molecular flexibility index (Phi) is 5.81. The van der Waals surface area contributed by atoms with Gasteiger partial charge in [0.1, 0.15) is 5.01 Å². The van der Waals surface area contributed by atoms with Gasteiger partial charge in [0, 0.05) is 31.7 Å². The molecule has 4 aromatic rings. The van der Waals surface area contributed by atoms with Crippen LogP contribution in [0.25, 0.3) is 21.7 Å². The first kappa shape index (κ1) is 21.4. The van der Waals surface area contributed by atoms with Gasteiger partial charge in [-0.3, -0.25) is 9.69 Å². The van der Waals surface area contributed by atoms with E-state index >= 15 is 0 Å². The van der Waals surface area contributed by atoms with E-state index in [2.05, 4.69) is 21.2 Å². The van der Waals surface area contributed by atoms with Gasteiger partial charge in [-0.2, -0.15) is 0 Å². The molecule has 2 aliphatic heterocycles. The highest BCUT2D eigenvalue weighted by molar-refractivity contribution is 7.99. The molecule has 0 bridgehead atoms. The second kappa shape index (κ2) is 9.24. The van der Waals surface area contributed by atoms with Gasteiger partial charge in [-0.05, 0) is 30.3 Å². The van der Waals surface area contributed by atoms with Crippen LogP contribution >= 0.6 is 23.1 Å². The zero-order valence-electron chi connectivity index (χ0n) is 18.2. The summed E-state index contributed by atoms with van der Waals surface area (Å²) < 4.78 is 17.7. The standard InChI is InChI=1S/C23H21N5O4S2/c29-21(13-33-23-26-25-22(32-23)15-5-6-17-18(11-15)31-14-30-17)28-9-7-27(8-10-28)12-20-24-16-3-1-2-4-19(16)34-20/h1-6,11H,7-10,12-14H2. The van der Waals surface area contributed by atoms with E-state index in [0.29, 0.717) is 35.7 Å². The number of hydrogen-bond donors (Lipinski definition) is 0. The first-order valence-corrected chi connectivity index (χ1v) is 12.7. The lowest BCUT2D eigenvalue weighted by Gasteiger charge is -2.34. The number of benzene rings is 2. The van der Waals surface area contributed by atoms with Crippen molar-refractivity contribution in [1.82, 2.24) is 25.0 Å². The van der Waals surface area contributed by atoms with Crippen LogP contribution in [0.4, 0.5) is 0 Å². The summed E-state index contributed by atoms with van der Waals surface area (Å²) in [4.78, 5) is 21.7. The Balaban J connectivity index is 0.992. The van der Waals surface area contributed by atoms with E-state index in [4.69, 9.17) is 18.9 Å². The molecule has 0 unspecified atom stereocenters. The van der Waals surface area contributed by atoms with Gasteiger partial charge < -0.3 is 18.8 Å². The van der Waals surface area contributed by atoms with E-state index < -0.39 is 0 Å². The highest BCUT2D eigenvalue weighted by atomic mass is 32.2. The van der Waals surface area contributed by atoms with Crippen LogP contribution in [0.2, 0.25) is 0 Å². The fourth-order valence-electron chi connectivity index (χ4n) is 3.96. The minimum atomic E-state index is 0.0764. The fourth-order valence-corrected chi connectivity index (χ4v) is 5.64. The SMILES string of the molecule is O=C(CSc1nnc(-c2ccc3c(c2)OCO3)o1)N1CCN(Cc2nc3ccccc3s2)CC1. The summed E-state index contributed by atoms with van der Waals surface area (Å²) in [5.74, 6) is 2.08. The number of thiazole rings is 1. The Morgan fingerprint density at radius 1 is 1.03 bits per heavy atom. The molecule has 1 fully saturated rings. The number of carbonyl (C=O) groups excluding carboxylic acids is 1. The minimum absolute atomic E-state index is 0.0764. The largest absolute Gasteiger partial charge is 0.454 e. The molecule has 0 saturated carbocycles. The van der Waals surface area contributed by atoms with Crippen molar-refractivity contribution in [3.63, 3.8) is 0 Å². The topological polar surface area (TPSA) is 93.8 Å². The van der Waals surface area contributed by atoms with Crippen molar-refractivity contribution in [2.75, 3.05) is 38.7 Å². The maximum Gasteiger partial charge on any atom is 0.277 e. The number of nitrogens with zero attached hydrogens (tertiary/aromatic N) is 5. The van der Waals surface area contributed by atoms with Gasteiger partial charge in [0.25, 0.3) is 5.22 Å². The van der Waals surface area contributed by atoms with Crippen molar-refractivity contribution < 1.29 is 18.7 Å². The second-order valence-corrected chi connectivity index (χ2v) is 10.0. The Morgan fingerprint density at radius 3 is 2.76 bits per heavy atom. The molecule has 2 aliphatic rings. The molecule has 2 aromatic heterocycles. The molecular weight excluding hydrogens is 474 g/mol. The number of fused-ring (bicyclic) bond motifs is 2. The number of ether oxygens (including phenoxy) is 2. The number of rotatable bonds is 6. The van der Waals surface area contributed by atoms with E-state index in [1.165, 1.54) is 16.5 Å². The molecule has 174 valence electrons. The predicted octanol–water partition coefficient (Wildman–Crippen LogP) is 3.51. The zero-order chi connectivity index (χ0) is 22.9. The number of carbonyl (C=O) groups is 1. The third-order valence-corrected chi connectivity index (χ3v) is 7.59. The Hall–Kier alpha value is -3.15. The van der Waals surface area contributed by atoms with Gasteiger partial charge in [-0.25, -0.2) is 4.98 Å². The molecule has 1 amide bonds. The number of thioether (sulfide) groups is 1. The van der Waals surface area contributed by atoms with Crippen LogP contribution < -0.4 is 9.47 Å². The van der Waals surface area contributed by atoms with Crippen molar-refractivity contribution in [3.8, 4) is 23.0 Å². The lowest BCUT2D eigenvalue weighted by atomic mass is 10.2. The average molecular weight is 496 g/mol. The van der Waals surface area contributed by atoms with E-state index in [-0.39, 0.29) is 18.5 Å². The molecule has 0 spiro atoms. The van der Waals surface area contributed by atoms with E-state index in [1.807, 2.05) is 41.3 Å². The molecule has 0 N–H and O–H groups in total. The molecule has 11 heteroatoms. The van der Waals surface area contributed by atoms with Crippen molar-refractivity contribution in [1.29, 1.82) is 0 Å². The van der Waals surface area contributed by atoms with Crippen molar-refractivity contribution in [2.45, 2.75) is 11.8 Å². The lowest BCUT2D eigenvalue weighted by molar-refractivity contribution is -0.130. The summed E-state index contributed by atoms with van der Waals surface area (Å²) in [7, 11) is 0. The normalized spacial score (nSPS) is 15.8. The van der Waals surface area contributed by atoms with Gasteiger partial charge >= 0.3 is 0 Å². The van der Waals surface area contributed by atoms with Gasteiger partial charge in [0.05, 0.1) is 22.5 Å². The van der Waals surface area contributed by atoms with Crippen molar-refractivity contribution in [2.24, 2.45) is 0 Å². The molecule has 9 nitrogen and oxygen atoms in total. The summed E-state index contributed by atoms with van der Waals surface area (Å²) >= 11 is 3.00. The molecule has 6 rings (SSSR count). The van der Waals surface area contributed by atoms with Gasteiger partial charge in [0.2, 0.25) is 18.6 Å². The highest BCUT2D eigenvalue weighted by Crippen LogP contribution is 2.36. The van der Waals surface area contributed by atoms with Gasteiger partial charge in [0.15, 0.2) is 11.5 Å². The maximum atomic E-state index is 12.7. The first-order chi connectivity index (χ1) is 16.7.